The molecule has 374 valence electrons. The molecule has 0 fully saturated rings. The molecule has 15 aromatic rings. The Morgan fingerprint density at radius 3 is 0.738 bits per heavy atom. The largest absolute Gasteiger partial charge is 0.307 e. The number of aromatic nitrogens is 6. The van der Waals surface area contributed by atoms with E-state index in [1.807, 2.05) is 73.1 Å². The Morgan fingerprint density at radius 1 is 0.212 bits per heavy atom. The van der Waals surface area contributed by atoms with Crippen molar-refractivity contribution in [2.24, 2.45) is 0 Å². The molecule has 11 aromatic carbocycles. The summed E-state index contributed by atoms with van der Waals surface area (Å²) in [6, 6.07) is 99.2. The van der Waals surface area contributed by atoms with Crippen molar-refractivity contribution in [1.82, 2.24) is 29.1 Å². The molecule has 80 heavy (non-hydrogen) atoms. The molecule has 0 amide bonds. The van der Waals surface area contributed by atoms with Gasteiger partial charge >= 0.3 is 0 Å². The van der Waals surface area contributed by atoms with E-state index in [0.29, 0.717) is 17.5 Å². The molecule has 4 aromatic heterocycles. The van der Waals surface area contributed by atoms with E-state index in [1.54, 1.807) is 0 Å². The second-order valence-electron chi connectivity index (χ2n) is 20.2. The Bertz CT molecular complexity index is 4300. The smallest absolute Gasteiger partial charge is 0.164 e. The maximum Gasteiger partial charge on any atom is 0.164 e. The molecule has 0 unspecified atom stereocenters. The van der Waals surface area contributed by atoms with Crippen LogP contribution in [-0.4, -0.2) is 29.1 Å². The standard InChI is InChI=1S/C74H48N6/c1-7-19-49(20-8-1)57-35-39-65-61(43-57)62-44-58(50-21-9-2-10-22-50)36-40-66(62)79(65)69-47-75-48-70(71(69)53-31-33-56(34-32-53)74-77-72(54-27-15-5-16-28-54)76-73(78-74)55-29-17-6-18-30-55)80-67-41-37-59(51-23-11-3-12-24-51)45-63(67)64-46-60(38-42-68(64)80)52-25-13-4-14-26-52/h1-48H. The van der Waals surface area contributed by atoms with E-state index in [9.17, 15) is 0 Å². The van der Waals surface area contributed by atoms with E-state index in [4.69, 9.17) is 19.9 Å². The fourth-order valence-electron chi connectivity index (χ4n) is 11.6. The molecule has 0 aliphatic heterocycles. The predicted molar refractivity (Wildman–Crippen MR) is 330 cm³/mol. The van der Waals surface area contributed by atoms with Crippen LogP contribution in [0, 0.1) is 0 Å². The first-order valence-electron chi connectivity index (χ1n) is 27.0. The van der Waals surface area contributed by atoms with Crippen LogP contribution in [0.4, 0.5) is 0 Å². The molecule has 0 aliphatic rings. The lowest BCUT2D eigenvalue weighted by atomic mass is 10.00. The molecule has 0 saturated carbocycles. The van der Waals surface area contributed by atoms with Crippen molar-refractivity contribution in [3.63, 3.8) is 0 Å². The zero-order valence-corrected chi connectivity index (χ0v) is 43.4. The lowest BCUT2D eigenvalue weighted by molar-refractivity contribution is 1.07. The van der Waals surface area contributed by atoms with E-state index < -0.39 is 0 Å². The molecule has 0 saturated heterocycles. The first kappa shape index (κ1) is 46.5. The molecule has 0 spiro atoms. The molecule has 0 atom stereocenters. The number of fused-ring (bicyclic) bond motifs is 6. The van der Waals surface area contributed by atoms with E-state index >= 15 is 0 Å². The van der Waals surface area contributed by atoms with Crippen molar-refractivity contribution in [2.45, 2.75) is 0 Å². The van der Waals surface area contributed by atoms with Crippen LogP contribution in [0.1, 0.15) is 0 Å². The van der Waals surface area contributed by atoms with Gasteiger partial charge in [0.15, 0.2) is 17.5 Å². The van der Waals surface area contributed by atoms with Crippen LogP contribution in [0.5, 0.6) is 0 Å². The summed E-state index contributed by atoms with van der Waals surface area (Å²) in [6.07, 6.45) is 4.09. The van der Waals surface area contributed by atoms with Crippen LogP contribution in [0.2, 0.25) is 0 Å². The van der Waals surface area contributed by atoms with Gasteiger partial charge in [-0.1, -0.05) is 231 Å². The molecule has 0 radical (unpaired) electrons. The number of hydrogen-bond donors (Lipinski definition) is 0. The third-order valence-electron chi connectivity index (χ3n) is 15.5. The van der Waals surface area contributed by atoms with Crippen LogP contribution < -0.4 is 0 Å². The summed E-state index contributed by atoms with van der Waals surface area (Å²) in [6.45, 7) is 0. The van der Waals surface area contributed by atoms with E-state index in [2.05, 4.69) is 228 Å². The van der Waals surface area contributed by atoms with Crippen molar-refractivity contribution < 1.29 is 0 Å². The highest BCUT2D eigenvalue weighted by Crippen LogP contribution is 2.45. The maximum absolute atomic E-state index is 5.24. The van der Waals surface area contributed by atoms with Crippen molar-refractivity contribution in [3.05, 3.63) is 291 Å². The van der Waals surface area contributed by atoms with E-state index in [0.717, 1.165) is 105 Å². The van der Waals surface area contributed by atoms with Gasteiger partial charge in [0.2, 0.25) is 0 Å². The summed E-state index contributed by atoms with van der Waals surface area (Å²) >= 11 is 0. The molecule has 0 N–H and O–H groups in total. The second kappa shape index (κ2) is 19.6. The molecule has 6 nitrogen and oxygen atoms in total. The highest BCUT2D eigenvalue weighted by atomic mass is 15.0. The highest BCUT2D eigenvalue weighted by molar-refractivity contribution is 6.14. The van der Waals surface area contributed by atoms with Gasteiger partial charge in [-0.15, -0.1) is 0 Å². The Morgan fingerprint density at radius 2 is 0.450 bits per heavy atom. The molecular formula is C74H48N6. The molecule has 6 heteroatoms. The SMILES string of the molecule is c1ccc(-c2ccc3c(c2)c2cc(-c4ccccc4)ccc2n3-c2cncc(-n3c4ccc(-c5ccccc5)cc4c4cc(-c5ccccc5)ccc43)c2-c2ccc(-c3nc(-c4ccccc4)nc(-c4ccccc4)n3)cc2)cc1. The molecule has 4 heterocycles. The summed E-state index contributed by atoms with van der Waals surface area (Å²) in [5.41, 5.74) is 20.3. The van der Waals surface area contributed by atoms with Gasteiger partial charge in [-0.05, 0) is 98.6 Å². The van der Waals surface area contributed by atoms with Crippen molar-refractivity contribution in [3.8, 4) is 101 Å². The molecule has 0 aliphatic carbocycles. The van der Waals surface area contributed by atoms with Crippen LogP contribution in [0.3, 0.4) is 0 Å². The maximum atomic E-state index is 5.24. The van der Waals surface area contributed by atoms with Gasteiger partial charge in [0.25, 0.3) is 0 Å². The number of hydrogen-bond acceptors (Lipinski definition) is 4. The third kappa shape index (κ3) is 8.22. The van der Waals surface area contributed by atoms with Gasteiger partial charge in [0.05, 0.1) is 45.8 Å². The summed E-state index contributed by atoms with van der Waals surface area (Å²) in [4.78, 5) is 20.5. The Balaban J connectivity index is 0.999. The minimum absolute atomic E-state index is 0.594. The normalized spacial score (nSPS) is 11.5. The lowest BCUT2D eigenvalue weighted by Gasteiger charge is -2.20. The van der Waals surface area contributed by atoms with Crippen LogP contribution in [0.25, 0.3) is 145 Å². The van der Waals surface area contributed by atoms with Crippen LogP contribution >= 0.6 is 0 Å². The van der Waals surface area contributed by atoms with Gasteiger partial charge in [0, 0.05) is 43.8 Å². The van der Waals surface area contributed by atoms with Crippen molar-refractivity contribution in [2.75, 3.05) is 0 Å². The number of pyridine rings is 1. The van der Waals surface area contributed by atoms with Crippen LogP contribution in [-0.2, 0) is 0 Å². The number of nitrogens with zero attached hydrogens (tertiary/aromatic N) is 6. The number of rotatable bonds is 10. The zero-order valence-electron chi connectivity index (χ0n) is 43.4. The summed E-state index contributed by atoms with van der Waals surface area (Å²) in [5.74, 6) is 1.83. The lowest BCUT2D eigenvalue weighted by Crippen LogP contribution is -2.05. The Kier molecular flexibility index (Phi) is 11.4. The quantitative estimate of drug-likeness (QED) is 0.137. The molecule has 0 bridgehead atoms. The Hall–Kier alpha value is -10.8. The molecule has 15 rings (SSSR count). The third-order valence-corrected chi connectivity index (χ3v) is 15.5. The van der Waals surface area contributed by atoms with Gasteiger partial charge in [-0.3, -0.25) is 4.98 Å². The summed E-state index contributed by atoms with van der Waals surface area (Å²) in [7, 11) is 0. The number of benzene rings is 11. The summed E-state index contributed by atoms with van der Waals surface area (Å²) in [5, 5.41) is 4.62. The van der Waals surface area contributed by atoms with Gasteiger partial charge in [-0.25, -0.2) is 15.0 Å². The first-order chi connectivity index (χ1) is 39.7. The minimum Gasteiger partial charge on any atom is -0.307 e. The first-order valence-corrected chi connectivity index (χ1v) is 27.0. The van der Waals surface area contributed by atoms with E-state index in [-0.39, 0.29) is 0 Å². The topological polar surface area (TPSA) is 61.4 Å². The monoisotopic (exact) mass is 1020 g/mol. The fourth-order valence-corrected chi connectivity index (χ4v) is 11.6. The van der Waals surface area contributed by atoms with Gasteiger partial charge < -0.3 is 9.13 Å². The van der Waals surface area contributed by atoms with Crippen molar-refractivity contribution >= 4 is 43.6 Å². The minimum atomic E-state index is 0.594. The van der Waals surface area contributed by atoms with Crippen molar-refractivity contribution in [1.29, 1.82) is 0 Å². The zero-order chi connectivity index (χ0) is 52.9. The van der Waals surface area contributed by atoms with Gasteiger partial charge in [-0.2, -0.15) is 0 Å². The highest BCUT2D eigenvalue weighted by Gasteiger charge is 2.24. The van der Waals surface area contributed by atoms with Crippen LogP contribution in [0.15, 0.2) is 291 Å². The van der Waals surface area contributed by atoms with Gasteiger partial charge in [0.1, 0.15) is 0 Å². The Labute approximate surface area is 462 Å². The fraction of sp³-hybridized carbons (Fsp3) is 0. The predicted octanol–water partition coefficient (Wildman–Crippen LogP) is 18.8. The second-order valence-corrected chi connectivity index (χ2v) is 20.2. The molecular weight excluding hydrogens is 973 g/mol. The average Bonchev–Trinajstić information content (AvgIpc) is 4.28. The average molecular weight is 1020 g/mol. The van der Waals surface area contributed by atoms with E-state index in [1.165, 1.54) is 22.3 Å². The summed E-state index contributed by atoms with van der Waals surface area (Å²) < 4.78 is 4.85.